The maximum absolute atomic E-state index is 12.6. The van der Waals surface area contributed by atoms with Gasteiger partial charge in [0.25, 0.3) is 0 Å². The van der Waals surface area contributed by atoms with Gasteiger partial charge in [0.1, 0.15) is 5.75 Å². The van der Waals surface area contributed by atoms with Crippen molar-refractivity contribution in [2.75, 3.05) is 0 Å². The fourth-order valence-electron chi connectivity index (χ4n) is 4.14. The number of rotatable bonds is 3. The largest absolute Gasteiger partial charge is 0.425 e. The van der Waals surface area contributed by atoms with Gasteiger partial charge in [-0.05, 0) is 43.1 Å². The second-order valence-corrected chi connectivity index (χ2v) is 6.78. The third-order valence-corrected chi connectivity index (χ3v) is 5.39. The quantitative estimate of drug-likeness (QED) is 0.480. The molecule has 0 aromatic heterocycles. The SMILES string of the molecule is CC(=O)c1ccc2ccccc2c1OC(=O)C1[C@@H]2CCCC[C@@H]12. The van der Waals surface area contributed by atoms with Gasteiger partial charge >= 0.3 is 5.97 Å². The predicted octanol–water partition coefficient (Wildman–Crippen LogP) is 4.38. The van der Waals surface area contributed by atoms with E-state index in [0.717, 1.165) is 23.6 Å². The van der Waals surface area contributed by atoms with Crippen LogP contribution in [-0.4, -0.2) is 11.8 Å². The zero-order valence-corrected chi connectivity index (χ0v) is 13.2. The first-order chi connectivity index (χ1) is 11.2. The smallest absolute Gasteiger partial charge is 0.314 e. The van der Waals surface area contributed by atoms with E-state index in [1.54, 1.807) is 6.07 Å². The van der Waals surface area contributed by atoms with Crippen LogP contribution in [0.25, 0.3) is 10.8 Å². The lowest BCUT2D eigenvalue weighted by Crippen LogP contribution is -2.14. The number of carbonyl (C=O) groups is 2. The molecule has 2 aromatic carbocycles. The zero-order chi connectivity index (χ0) is 16.0. The van der Waals surface area contributed by atoms with Gasteiger partial charge in [-0.2, -0.15) is 0 Å². The molecule has 0 amide bonds. The van der Waals surface area contributed by atoms with Gasteiger partial charge in [-0.1, -0.05) is 43.2 Å². The molecular weight excluding hydrogens is 288 g/mol. The summed E-state index contributed by atoms with van der Waals surface area (Å²) >= 11 is 0. The van der Waals surface area contributed by atoms with Gasteiger partial charge in [0.15, 0.2) is 5.78 Å². The van der Waals surface area contributed by atoms with E-state index in [1.807, 2.05) is 30.3 Å². The van der Waals surface area contributed by atoms with E-state index in [-0.39, 0.29) is 17.7 Å². The van der Waals surface area contributed by atoms with Crippen LogP contribution in [0.4, 0.5) is 0 Å². The van der Waals surface area contributed by atoms with E-state index in [1.165, 1.54) is 19.8 Å². The minimum absolute atomic E-state index is 0.0382. The second-order valence-electron chi connectivity index (χ2n) is 6.78. The molecule has 2 atom stereocenters. The molecule has 0 bridgehead atoms. The van der Waals surface area contributed by atoms with Gasteiger partial charge in [0.05, 0.1) is 11.5 Å². The van der Waals surface area contributed by atoms with Gasteiger partial charge in [-0.3, -0.25) is 9.59 Å². The molecule has 118 valence electrons. The number of carbonyl (C=O) groups excluding carboxylic acids is 2. The van der Waals surface area contributed by atoms with Crippen LogP contribution in [0.1, 0.15) is 43.0 Å². The first-order valence-corrected chi connectivity index (χ1v) is 8.41. The van der Waals surface area contributed by atoms with Gasteiger partial charge < -0.3 is 4.74 Å². The summed E-state index contributed by atoms with van der Waals surface area (Å²) < 4.78 is 5.78. The number of benzene rings is 2. The molecule has 3 heteroatoms. The van der Waals surface area contributed by atoms with Crippen molar-refractivity contribution in [1.29, 1.82) is 0 Å². The van der Waals surface area contributed by atoms with Crippen LogP contribution in [0, 0.1) is 17.8 Å². The minimum Gasteiger partial charge on any atom is -0.425 e. The van der Waals surface area contributed by atoms with Crippen molar-refractivity contribution in [1.82, 2.24) is 0 Å². The van der Waals surface area contributed by atoms with Crippen molar-refractivity contribution in [2.24, 2.45) is 17.8 Å². The Labute approximate surface area is 135 Å². The van der Waals surface area contributed by atoms with E-state index in [0.29, 0.717) is 23.1 Å². The molecule has 23 heavy (non-hydrogen) atoms. The van der Waals surface area contributed by atoms with Gasteiger partial charge in [-0.25, -0.2) is 0 Å². The summed E-state index contributed by atoms with van der Waals surface area (Å²) in [4.78, 5) is 24.6. The molecule has 2 fully saturated rings. The van der Waals surface area contributed by atoms with Crippen LogP contribution < -0.4 is 4.74 Å². The molecule has 0 radical (unpaired) electrons. The molecule has 0 heterocycles. The summed E-state index contributed by atoms with van der Waals surface area (Å²) in [5.41, 5.74) is 0.487. The summed E-state index contributed by atoms with van der Waals surface area (Å²) in [5, 5.41) is 1.81. The molecule has 4 rings (SSSR count). The van der Waals surface area contributed by atoms with Crippen molar-refractivity contribution in [3.8, 4) is 5.75 Å². The Kier molecular flexibility index (Phi) is 3.44. The normalized spacial score (nSPS) is 25.7. The number of hydrogen-bond donors (Lipinski definition) is 0. The Balaban J connectivity index is 1.69. The molecule has 0 spiro atoms. The Bertz CT molecular complexity index is 781. The number of ether oxygens (including phenoxy) is 1. The lowest BCUT2D eigenvalue weighted by molar-refractivity contribution is -0.136. The Morgan fingerprint density at radius 1 is 1.00 bits per heavy atom. The van der Waals surface area contributed by atoms with E-state index < -0.39 is 0 Å². The van der Waals surface area contributed by atoms with Gasteiger partial charge in [0, 0.05) is 5.39 Å². The molecule has 0 unspecified atom stereocenters. The van der Waals surface area contributed by atoms with E-state index in [9.17, 15) is 9.59 Å². The maximum Gasteiger partial charge on any atom is 0.314 e. The lowest BCUT2D eigenvalue weighted by atomic mass is 10.0. The summed E-state index contributed by atoms with van der Waals surface area (Å²) in [6.07, 6.45) is 4.72. The molecule has 0 aliphatic heterocycles. The highest BCUT2D eigenvalue weighted by atomic mass is 16.5. The predicted molar refractivity (Wildman–Crippen MR) is 88.5 cm³/mol. The summed E-state index contributed by atoms with van der Waals surface area (Å²) in [6, 6.07) is 11.4. The van der Waals surface area contributed by atoms with Crippen LogP contribution in [-0.2, 0) is 4.79 Å². The van der Waals surface area contributed by atoms with Crippen molar-refractivity contribution in [3.05, 3.63) is 42.0 Å². The first-order valence-electron chi connectivity index (χ1n) is 8.41. The molecular formula is C20H20O3. The summed E-state index contributed by atoms with van der Waals surface area (Å²) in [5.74, 6) is 1.26. The van der Waals surface area contributed by atoms with E-state index in [2.05, 4.69) is 0 Å². The summed E-state index contributed by atoms with van der Waals surface area (Å²) in [6.45, 7) is 1.51. The minimum atomic E-state index is -0.152. The molecule has 0 saturated heterocycles. The number of esters is 1. The lowest BCUT2D eigenvalue weighted by Gasteiger charge is -2.11. The van der Waals surface area contributed by atoms with Gasteiger partial charge in [0.2, 0.25) is 0 Å². The van der Waals surface area contributed by atoms with E-state index in [4.69, 9.17) is 4.74 Å². The highest BCUT2D eigenvalue weighted by Gasteiger charge is 2.56. The van der Waals surface area contributed by atoms with E-state index >= 15 is 0 Å². The van der Waals surface area contributed by atoms with Gasteiger partial charge in [-0.15, -0.1) is 0 Å². The van der Waals surface area contributed by atoms with Crippen molar-refractivity contribution in [3.63, 3.8) is 0 Å². The third-order valence-electron chi connectivity index (χ3n) is 5.39. The van der Waals surface area contributed by atoms with Crippen LogP contribution in [0.3, 0.4) is 0 Å². The summed E-state index contributed by atoms with van der Waals surface area (Å²) in [7, 11) is 0. The van der Waals surface area contributed by atoms with Crippen molar-refractivity contribution in [2.45, 2.75) is 32.6 Å². The number of ketones is 1. The number of Topliss-reactive ketones (excluding diaryl/α,β-unsaturated/α-hetero) is 1. The topological polar surface area (TPSA) is 43.4 Å². The molecule has 2 saturated carbocycles. The van der Waals surface area contributed by atoms with Crippen molar-refractivity contribution < 1.29 is 14.3 Å². The van der Waals surface area contributed by atoms with Crippen molar-refractivity contribution >= 4 is 22.5 Å². The highest BCUT2D eigenvalue weighted by molar-refractivity contribution is 6.05. The van der Waals surface area contributed by atoms with Crippen LogP contribution in [0.5, 0.6) is 5.75 Å². The Morgan fingerprint density at radius 2 is 1.70 bits per heavy atom. The molecule has 2 aliphatic carbocycles. The standard InChI is InChI=1S/C20H20O3/c1-12(21)14-11-10-13-6-2-3-7-15(13)19(14)23-20(22)18-16-8-4-5-9-17(16)18/h2-3,6-7,10-11,16-18H,4-5,8-9H2,1H3/t16-,17-/m1/s1. The Hall–Kier alpha value is -2.16. The first kappa shape index (κ1) is 14.4. The fourth-order valence-corrected chi connectivity index (χ4v) is 4.14. The second kappa shape index (κ2) is 5.48. The fraction of sp³-hybridized carbons (Fsp3) is 0.400. The highest BCUT2D eigenvalue weighted by Crippen LogP contribution is 2.56. The third kappa shape index (κ3) is 2.44. The van der Waals surface area contributed by atoms with Crippen LogP contribution in [0.15, 0.2) is 36.4 Å². The Morgan fingerprint density at radius 3 is 2.39 bits per heavy atom. The zero-order valence-electron chi connectivity index (χ0n) is 13.2. The molecule has 3 nitrogen and oxygen atoms in total. The molecule has 0 N–H and O–H groups in total. The molecule has 2 aliphatic rings. The average molecular weight is 308 g/mol. The number of fused-ring (bicyclic) bond motifs is 2. The average Bonchev–Trinajstić information content (AvgIpc) is 3.29. The van der Waals surface area contributed by atoms with Crippen LogP contribution in [0.2, 0.25) is 0 Å². The monoisotopic (exact) mass is 308 g/mol. The maximum atomic E-state index is 12.6. The molecule has 2 aromatic rings. The van der Waals surface area contributed by atoms with Crippen LogP contribution >= 0.6 is 0 Å². The number of hydrogen-bond acceptors (Lipinski definition) is 3.